The molecule has 0 radical (unpaired) electrons. The molecule has 1 saturated heterocycles. The average molecular weight is 184 g/mol. The highest BCUT2D eigenvalue weighted by atomic mass is 16.1. The Balaban J connectivity index is 2.57. The first-order chi connectivity index (χ1) is 5.91. The van der Waals surface area contributed by atoms with Crippen molar-refractivity contribution in [2.75, 3.05) is 6.54 Å². The Hall–Kier alpha value is -0.570. The minimum absolute atomic E-state index is 0.113. The molecule has 3 nitrogen and oxygen atoms in total. The number of nitrogens with two attached hydrogens (primary N) is 1. The molecule has 13 heavy (non-hydrogen) atoms. The minimum Gasteiger partial charge on any atom is -0.368 e. The summed E-state index contributed by atoms with van der Waals surface area (Å²) in [5, 5.41) is 3.15. The van der Waals surface area contributed by atoms with Gasteiger partial charge in [-0.2, -0.15) is 0 Å². The van der Waals surface area contributed by atoms with Crippen molar-refractivity contribution in [1.82, 2.24) is 5.32 Å². The van der Waals surface area contributed by atoms with Crippen LogP contribution in [0, 0.1) is 11.3 Å². The molecule has 0 spiro atoms. The number of carbonyl (C=O) groups excluding carboxylic acids is 1. The summed E-state index contributed by atoms with van der Waals surface area (Å²) >= 11 is 0. The Morgan fingerprint density at radius 3 is 2.54 bits per heavy atom. The van der Waals surface area contributed by atoms with Crippen LogP contribution in [0.5, 0.6) is 0 Å². The Bertz CT molecular complexity index is 196. The molecule has 2 atom stereocenters. The number of primary amides is 1. The molecule has 0 aromatic rings. The van der Waals surface area contributed by atoms with E-state index in [1.807, 2.05) is 0 Å². The molecule has 3 N–H and O–H groups in total. The Kier molecular flexibility index (Phi) is 2.96. The van der Waals surface area contributed by atoms with Gasteiger partial charge in [-0.1, -0.05) is 20.8 Å². The molecule has 2 unspecified atom stereocenters. The van der Waals surface area contributed by atoms with Crippen LogP contribution >= 0.6 is 0 Å². The van der Waals surface area contributed by atoms with Gasteiger partial charge in [-0.3, -0.25) is 4.79 Å². The molecule has 0 saturated carbocycles. The van der Waals surface area contributed by atoms with Gasteiger partial charge in [-0.15, -0.1) is 0 Å². The number of piperidine rings is 1. The molecule has 3 heteroatoms. The summed E-state index contributed by atoms with van der Waals surface area (Å²) in [5.74, 6) is 0.389. The third-order valence-electron chi connectivity index (χ3n) is 2.97. The highest BCUT2D eigenvalue weighted by Gasteiger charge is 2.32. The van der Waals surface area contributed by atoms with Gasteiger partial charge in [0.05, 0.1) is 6.04 Å². The molecular formula is C10H20N2O. The normalized spacial score (nSPS) is 30.1. The van der Waals surface area contributed by atoms with Crippen LogP contribution in [0.3, 0.4) is 0 Å². The number of carbonyl (C=O) groups is 1. The lowest BCUT2D eigenvalue weighted by Crippen LogP contribution is -2.48. The Labute approximate surface area is 80.1 Å². The van der Waals surface area contributed by atoms with Crippen LogP contribution in [-0.2, 0) is 4.79 Å². The second-order valence-electron chi connectivity index (χ2n) is 5.00. The molecular weight excluding hydrogens is 164 g/mol. The first kappa shape index (κ1) is 10.5. The van der Waals surface area contributed by atoms with E-state index in [1.54, 1.807) is 0 Å². The zero-order valence-electron chi connectivity index (χ0n) is 8.76. The van der Waals surface area contributed by atoms with Crippen LogP contribution in [0.1, 0.15) is 33.6 Å². The number of hydrogen-bond acceptors (Lipinski definition) is 2. The molecule has 0 bridgehead atoms. The highest BCUT2D eigenvalue weighted by Crippen LogP contribution is 2.33. The molecule has 1 heterocycles. The SMILES string of the molecule is CC(C)(C)C1CCNC(C(N)=O)C1. The molecule has 76 valence electrons. The molecule has 1 amide bonds. The summed E-state index contributed by atoms with van der Waals surface area (Å²) in [6, 6.07) is -0.113. The molecule has 0 aromatic heterocycles. The van der Waals surface area contributed by atoms with Crippen molar-refractivity contribution < 1.29 is 4.79 Å². The van der Waals surface area contributed by atoms with Gasteiger partial charge in [-0.25, -0.2) is 0 Å². The number of hydrogen-bond donors (Lipinski definition) is 2. The first-order valence-corrected chi connectivity index (χ1v) is 4.94. The Morgan fingerprint density at radius 1 is 1.46 bits per heavy atom. The molecule has 0 aliphatic carbocycles. The second kappa shape index (κ2) is 3.66. The standard InChI is InChI=1S/C10H20N2O/c1-10(2,3)7-4-5-12-8(6-7)9(11)13/h7-8,12H,4-6H2,1-3H3,(H2,11,13). The van der Waals surface area contributed by atoms with E-state index in [4.69, 9.17) is 5.73 Å². The van der Waals surface area contributed by atoms with Gasteiger partial charge in [0.15, 0.2) is 0 Å². The lowest BCUT2D eigenvalue weighted by molar-refractivity contribution is -0.121. The Morgan fingerprint density at radius 2 is 2.08 bits per heavy atom. The van der Waals surface area contributed by atoms with Gasteiger partial charge in [0.1, 0.15) is 0 Å². The summed E-state index contributed by atoms with van der Waals surface area (Å²) in [4.78, 5) is 11.0. The highest BCUT2D eigenvalue weighted by molar-refractivity contribution is 5.79. The van der Waals surface area contributed by atoms with Crippen LogP contribution in [0.4, 0.5) is 0 Å². The van der Waals surface area contributed by atoms with Crippen molar-refractivity contribution in [2.24, 2.45) is 17.1 Å². The first-order valence-electron chi connectivity index (χ1n) is 4.94. The maximum atomic E-state index is 11.0. The maximum absolute atomic E-state index is 11.0. The van der Waals surface area contributed by atoms with Crippen molar-refractivity contribution in [3.63, 3.8) is 0 Å². The van der Waals surface area contributed by atoms with Gasteiger partial charge >= 0.3 is 0 Å². The van der Waals surface area contributed by atoms with Gasteiger partial charge < -0.3 is 11.1 Å². The van der Waals surface area contributed by atoms with Gasteiger partial charge in [0.2, 0.25) is 5.91 Å². The van der Waals surface area contributed by atoms with E-state index in [9.17, 15) is 4.79 Å². The lowest BCUT2D eigenvalue weighted by Gasteiger charge is -2.37. The van der Waals surface area contributed by atoms with E-state index < -0.39 is 0 Å². The van der Waals surface area contributed by atoms with Gasteiger partial charge in [0, 0.05) is 0 Å². The predicted octanol–water partition coefficient (Wildman–Crippen LogP) is 0.886. The van der Waals surface area contributed by atoms with Gasteiger partial charge in [-0.05, 0) is 30.7 Å². The predicted molar refractivity (Wildman–Crippen MR) is 53.2 cm³/mol. The van der Waals surface area contributed by atoms with Crippen LogP contribution in [0.2, 0.25) is 0 Å². The van der Waals surface area contributed by atoms with E-state index >= 15 is 0 Å². The van der Waals surface area contributed by atoms with Crippen molar-refractivity contribution in [2.45, 2.75) is 39.7 Å². The summed E-state index contributed by atoms with van der Waals surface area (Å²) in [6.45, 7) is 7.58. The second-order valence-corrected chi connectivity index (χ2v) is 5.00. The smallest absolute Gasteiger partial charge is 0.234 e. The lowest BCUT2D eigenvalue weighted by atomic mass is 9.73. The van der Waals surface area contributed by atoms with Crippen molar-refractivity contribution in [3.8, 4) is 0 Å². The average Bonchev–Trinajstić information content (AvgIpc) is 2.03. The fraction of sp³-hybridized carbons (Fsp3) is 0.900. The topological polar surface area (TPSA) is 55.1 Å². The third-order valence-corrected chi connectivity index (χ3v) is 2.97. The monoisotopic (exact) mass is 184 g/mol. The van der Waals surface area contributed by atoms with Crippen LogP contribution in [0.15, 0.2) is 0 Å². The molecule has 1 aliphatic heterocycles. The number of nitrogens with one attached hydrogen (secondary N) is 1. The largest absolute Gasteiger partial charge is 0.368 e. The van der Waals surface area contributed by atoms with Crippen LogP contribution < -0.4 is 11.1 Å². The minimum atomic E-state index is -0.214. The molecule has 1 rings (SSSR count). The summed E-state index contributed by atoms with van der Waals surface area (Å²) in [7, 11) is 0. The molecule has 1 aliphatic rings. The van der Waals surface area contributed by atoms with Crippen molar-refractivity contribution in [1.29, 1.82) is 0 Å². The van der Waals surface area contributed by atoms with E-state index in [0.29, 0.717) is 5.92 Å². The molecule has 1 fully saturated rings. The fourth-order valence-corrected chi connectivity index (χ4v) is 1.92. The number of rotatable bonds is 1. The summed E-state index contributed by atoms with van der Waals surface area (Å²) in [6.07, 6.45) is 2.03. The maximum Gasteiger partial charge on any atom is 0.234 e. The van der Waals surface area contributed by atoms with E-state index in [-0.39, 0.29) is 17.4 Å². The molecule has 0 aromatic carbocycles. The third kappa shape index (κ3) is 2.69. The fourth-order valence-electron chi connectivity index (χ4n) is 1.92. The van der Waals surface area contributed by atoms with Crippen LogP contribution in [0.25, 0.3) is 0 Å². The number of amides is 1. The van der Waals surface area contributed by atoms with E-state index in [1.165, 1.54) is 0 Å². The van der Waals surface area contributed by atoms with E-state index in [2.05, 4.69) is 26.1 Å². The quantitative estimate of drug-likeness (QED) is 0.636. The van der Waals surface area contributed by atoms with Crippen LogP contribution in [-0.4, -0.2) is 18.5 Å². The zero-order chi connectivity index (χ0) is 10.1. The summed E-state index contributed by atoms with van der Waals surface area (Å²) in [5.41, 5.74) is 5.56. The van der Waals surface area contributed by atoms with Crippen molar-refractivity contribution >= 4 is 5.91 Å². The van der Waals surface area contributed by atoms with E-state index in [0.717, 1.165) is 19.4 Å². The summed E-state index contributed by atoms with van der Waals surface area (Å²) < 4.78 is 0. The van der Waals surface area contributed by atoms with Gasteiger partial charge in [0.25, 0.3) is 0 Å². The zero-order valence-corrected chi connectivity index (χ0v) is 8.76. The van der Waals surface area contributed by atoms with Crippen molar-refractivity contribution in [3.05, 3.63) is 0 Å².